The molecule has 0 spiro atoms. The molecule has 1 unspecified atom stereocenters. The van der Waals surface area contributed by atoms with E-state index in [2.05, 4.69) is 15.3 Å². The first-order valence-electron chi connectivity index (χ1n) is 6.63. The number of nitrogens with zero attached hydrogens (tertiary/aromatic N) is 2. The second-order valence-electron chi connectivity index (χ2n) is 4.50. The van der Waals surface area contributed by atoms with Gasteiger partial charge in [0.2, 0.25) is 0 Å². The third-order valence-corrected chi connectivity index (χ3v) is 2.85. The van der Waals surface area contributed by atoms with E-state index in [-0.39, 0.29) is 13.0 Å². The van der Waals surface area contributed by atoms with Crippen LogP contribution in [0, 0.1) is 0 Å². The lowest BCUT2D eigenvalue weighted by atomic mass is 10.1. The highest BCUT2D eigenvalue weighted by Crippen LogP contribution is 2.27. The van der Waals surface area contributed by atoms with Crippen LogP contribution < -0.4 is 16.0 Å². The molecule has 1 aromatic rings. The molecule has 21 heavy (non-hydrogen) atoms. The van der Waals surface area contributed by atoms with Crippen molar-refractivity contribution in [2.75, 3.05) is 20.3 Å². The van der Waals surface area contributed by atoms with E-state index in [0.29, 0.717) is 18.0 Å². The van der Waals surface area contributed by atoms with Gasteiger partial charge in [0, 0.05) is 13.2 Å². The molecule has 1 atom stereocenters. The fourth-order valence-corrected chi connectivity index (χ4v) is 1.96. The van der Waals surface area contributed by atoms with Gasteiger partial charge in [0.25, 0.3) is 0 Å². The van der Waals surface area contributed by atoms with E-state index in [9.17, 15) is 13.2 Å². The third-order valence-electron chi connectivity index (χ3n) is 2.85. The minimum Gasteiger partial charge on any atom is -0.493 e. The Kier molecular flexibility index (Phi) is 6.93. The molecule has 1 heterocycles. The van der Waals surface area contributed by atoms with Gasteiger partial charge in [-0.05, 0) is 12.8 Å². The summed E-state index contributed by atoms with van der Waals surface area (Å²) in [5.74, 6) is 6.04. The summed E-state index contributed by atoms with van der Waals surface area (Å²) in [5, 5.41) is 4.19. The molecule has 0 amide bonds. The number of methoxy groups -OCH3 is 1. The molecule has 6 nitrogen and oxygen atoms in total. The smallest absolute Gasteiger partial charge is 0.411 e. The molecule has 0 aromatic carbocycles. The average molecular weight is 310 g/mol. The van der Waals surface area contributed by atoms with Gasteiger partial charge >= 0.3 is 6.18 Å². The van der Waals surface area contributed by atoms with Crippen LogP contribution in [-0.2, 0) is 11.3 Å². The highest BCUT2D eigenvalue weighted by Gasteiger charge is 2.28. The van der Waals surface area contributed by atoms with Gasteiger partial charge in [-0.25, -0.2) is 0 Å². The van der Waals surface area contributed by atoms with Crippen molar-refractivity contribution < 1.29 is 22.6 Å². The summed E-state index contributed by atoms with van der Waals surface area (Å²) in [6, 6.07) is -0.401. The second kappa shape index (κ2) is 8.20. The van der Waals surface area contributed by atoms with Crippen molar-refractivity contribution in [2.45, 2.75) is 38.5 Å². The lowest BCUT2D eigenvalue weighted by Crippen LogP contribution is -2.31. The van der Waals surface area contributed by atoms with E-state index >= 15 is 0 Å². The molecule has 1 aromatic heterocycles. The van der Waals surface area contributed by atoms with Gasteiger partial charge in [0.1, 0.15) is 6.61 Å². The molecule has 0 radical (unpaired) electrons. The zero-order valence-electron chi connectivity index (χ0n) is 12.1. The third kappa shape index (κ3) is 5.52. The Morgan fingerprint density at radius 1 is 1.48 bits per heavy atom. The number of nitrogens with one attached hydrogen (secondary N) is 1. The van der Waals surface area contributed by atoms with Crippen LogP contribution in [0.1, 0.15) is 31.5 Å². The number of aryl methyl sites for hydroxylation is 1. The number of hydrogen-bond donors (Lipinski definition) is 2. The molecule has 0 fully saturated rings. The van der Waals surface area contributed by atoms with E-state index < -0.39 is 18.8 Å². The summed E-state index contributed by atoms with van der Waals surface area (Å²) < 4.78 is 47.6. The number of halogens is 3. The van der Waals surface area contributed by atoms with Crippen LogP contribution in [0.25, 0.3) is 0 Å². The Balaban J connectivity index is 2.68. The van der Waals surface area contributed by atoms with E-state index in [1.807, 2.05) is 6.92 Å². The van der Waals surface area contributed by atoms with Crippen molar-refractivity contribution >= 4 is 0 Å². The lowest BCUT2D eigenvalue weighted by Gasteiger charge is -2.19. The van der Waals surface area contributed by atoms with Crippen LogP contribution in [0.4, 0.5) is 13.2 Å². The van der Waals surface area contributed by atoms with Crippen LogP contribution >= 0.6 is 0 Å². The fourth-order valence-electron chi connectivity index (χ4n) is 1.96. The summed E-state index contributed by atoms with van der Waals surface area (Å²) in [4.78, 5) is 0. The number of ether oxygens (including phenoxy) is 2. The van der Waals surface area contributed by atoms with Crippen LogP contribution in [0.3, 0.4) is 0 Å². The predicted molar refractivity (Wildman–Crippen MR) is 70.6 cm³/mol. The minimum atomic E-state index is -4.33. The second-order valence-corrected chi connectivity index (χ2v) is 4.50. The van der Waals surface area contributed by atoms with Gasteiger partial charge in [-0.3, -0.25) is 16.0 Å². The van der Waals surface area contributed by atoms with Crippen molar-refractivity contribution in [1.29, 1.82) is 0 Å². The normalized spacial score (nSPS) is 13.4. The van der Waals surface area contributed by atoms with Gasteiger partial charge in [0.05, 0.1) is 25.0 Å². The molecule has 0 aliphatic carbocycles. The first-order chi connectivity index (χ1) is 9.92. The Morgan fingerprint density at radius 3 is 2.71 bits per heavy atom. The molecule has 0 aliphatic rings. The maximum Gasteiger partial charge on any atom is 0.411 e. The van der Waals surface area contributed by atoms with Crippen LogP contribution in [0.2, 0.25) is 0 Å². The number of aromatic nitrogens is 2. The highest BCUT2D eigenvalue weighted by molar-refractivity contribution is 5.28. The standard InChI is InChI=1S/C12H21F3N4O2/c1-3-5-19-11(10(20-2)7-17-19)9(18-16)4-6-21-8-12(13,14)15/h7,9,18H,3-6,8,16H2,1-2H3. The van der Waals surface area contributed by atoms with Crippen LogP contribution in [0.15, 0.2) is 6.20 Å². The lowest BCUT2D eigenvalue weighted by molar-refractivity contribution is -0.174. The Morgan fingerprint density at radius 2 is 2.19 bits per heavy atom. The van der Waals surface area contributed by atoms with Crippen molar-refractivity contribution in [3.05, 3.63) is 11.9 Å². The van der Waals surface area contributed by atoms with Crippen molar-refractivity contribution in [3.8, 4) is 5.75 Å². The zero-order valence-corrected chi connectivity index (χ0v) is 12.1. The molecule has 3 N–H and O–H groups in total. The van der Waals surface area contributed by atoms with Gasteiger partial charge < -0.3 is 9.47 Å². The Bertz CT molecular complexity index is 423. The van der Waals surface area contributed by atoms with Gasteiger partial charge in [0.15, 0.2) is 5.75 Å². The molecule has 9 heteroatoms. The first kappa shape index (κ1) is 17.7. The largest absolute Gasteiger partial charge is 0.493 e. The predicted octanol–water partition coefficient (Wildman–Crippen LogP) is 1.78. The molecule has 1 rings (SSSR count). The Hall–Kier alpha value is -1.32. The molecular weight excluding hydrogens is 289 g/mol. The molecule has 0 saturated heterocycles. The summed E-state index contributed by atoms with van der Waals surface area (Å²) in [6.07, 6.45) is -1.63. The molecule has 0 saturated carbocycles. The number of hydrogen-bond acceptors (Lipinski definition) is 5. The summed E-state index contributed by atoms with van der Waals surface area (Å²) in [6.45, 7) is 1.32. The van der Waals surface area contributed by atoms with Gasteiger partial charge in [-0.15, -0.1) is 0 Å². The molecule has 0 aliphatic heterocycles. The topological polar surface area (TPSA) is 74.3 Å². The van der Waals surface area contributed by atoms with E-state index in [4.69, 9.17) is 10.6 Å². The van der Waals surface area contributed by atoms with E-state index in [0.717, 1.165) is 6.42 Å². The quantitative estimate of drug-likeness (QED) is 0.413. The minimum absolute atomic E-state index is 0.0746. The number of nitrogens with two attached hydrogens (primary N) is 1. The van der Waals surface area contributed by atoms with E-state index in [1.165, 1.54) is 7.11 Å². The van der Waals surface area contributed by atoms with Crippen molar-refractivity contribution in [1.82, 2.24) is 15.2 Å². The number of alkyl halides is 3. The SMILES string of the molecule is CCCn1ncc(OC)c1C(CCOCC(F)(F)F)NN. The maximum absolute atomic E-state index is 12.0. The molecular formula is C12H21F3N4O2. The monoisotopic (exact) mass is 310 g/mol. The van der Waals surface area contributed by atoms with Crippen molar-refractivity contribution in [3.63, 3.8) is 0 Å². The Labute approximate surface area is 121 Å². The average Bonchev–Trinajstić information content (AvgIpc) is 2.81. The van der Waals surface area contributed by atoms with Crippen molar-refractivity contribution in [2.24, 2.45) is 5.84 Å². The molecule has 122 valence electrons. The van der Waals surface area contributed by atoms with Gasteiger partial charge in [-0.2, -0.15) is 18.3 Å². The summed E-state index contributed by atoms with van der Waals surface area (Å²) >= 11 is 0. The maximum atomic E-state index is 12.0. The van der Waals surface area contributed by atoms with Gasteiger partial charge in [-0.1, -0.05) is 6.92 Å². The summed E-state index contributed by atoms with van der Waals surface area (Å²) in [5.41, 5.74) is 3.28. The fraction of sp³-hybridized carbons (Fsp3) is 0.750. The summed E-state index contributed by atoms with van der Waals surface area (Å²) in [7, 11) is 1.50. The number of rotatable bonds is 9. The first-order valence-corrected chi connectivity index (χ1v) is 6.63. The highest BCUT2D eigenvalue weighted by atomic mass is 19.4. The molecule has 0 bridgehead atoms. The van der Waals surface area contributed by atoms with E-state index in [1.54, 1.807) is 10.9 Å². The zero-order chi connectivity index (χ0) is 15.9. The number of hydrazine groups is 1. The van der Waals surface area contributed by atoms with Crippen LogP contribution in [0.5, 0.6) is 5.75 Å². The van der Waals surface area contributed by atoms with Crippen LogP contribution in [-0.4, -0.2) is 36.3 Å².